The molecule has 1 aliphatic rings. The highest BCUT2D eigenvalue weighted by atomic mass is 16.5. The van der Waals surface area contributed by atoms with Crippen LogP contribution < -0.4 is 0 Å². The van der Waals surface area contributed by atoms with Crippen molar-refractivity contribution in [3.8, 4) is 0 Å². The average molecular weight is 311 g/mol. The topological polar surface area (TPSA) is 46.6 Å². The molecule has 4 heteroatoms. The second kappa shape index (κ2) is 6.50. The van der Waals surface area contributed by atoms with Gasteiger partial charge >= 0.3 is 5.97 Å². The Balaban J connectivity index is 1.83. The van der Waals surface area contributed by atoms with Crippen molar-refractivity contribution in [2.75, 3.05) is 13.2 Å². The Bertz CT molecular complexity index is 735. The van der Waals surface area contributed by atoms with Crippen LogP contribution >= 0.6 is 0 Å². The first-order chi connectivity index (χ1) is 11.1. The molecule has 1 heterocycles. The lowest BCUT2D eigenvalue weighted by molar-refractivity contribution is -0.152. The van der Waals surface area contributed by atoms with Gasteiger partial charge in [-0.15, -0.1) is 0 Å². The van der Waals surface area contributed by atoms with E-state index in [1.54, 1.807) is 6.92 Å². The number of hydrogen-bond donors (Lipinski definition) is 0. The van der Waals surface area contributed by atoms with Gasteiger partial charge in [-0.2, -0.15) is 0 Å². The molecule has 0 saturated carbocycles. The summed E-state index contributed by atoms with van der Waals surface area (Å²) in [7, 11) is 0. The van der Waals surface area contributed by atoms with Crippen molar-refractivity contribution < 1.29 is 14.3 Å². The summed E-state index contributed by atoms with van der Waals surface area (Å²) in [5, 5.41) is 2.38. The van der Waals surface area contributed by atoms with Gasteiger partial charge in [-0.05, 0) is 30.2 Å². The lowest BCUT2D eigenvalue weighted by Crippen LogP contribution is -2.58. The van der Waals surface area contributed by atoms with Crippen molar-refractivity contribution >= 4 is 22.5 Å². The number of carbonyl (C=O) groups is 2. The first-order valence-electron chi connectivity index (χ1n) is 8.03. The van der Waals surface area contributed by atoms with Gasteiger partial charge in [0.05, 0.1) is 25.6 Å². The molecule has 0 N–H and O–H groups in total. The molecule has 1 saturated heterocycles. The lowest BCUT2D eigenvalue weighted by Gasteiger charge is -2.43. The zero-order chi connectivity index (χ0) is 16.4. The van der Waals surface area contributed by atoms with Gasteiger partial charge in [0.25, 0.3) is 0 Å². The van der Waals surface area contributed by atoms with E-state index in [1.807, 2.05) is 18.2 Å². The predicted molar refractivity (Wildman–Crippen MR) is 89.1 cm³/mol. The number of Topliss-reactive ketones (excluding diaryl/α,β-unsaturated/α-hetero) is 1. The smallest absolute Gasteiger partial charge is 0.307 e. The van der Waals surface area contributed by atoms with E-state index in [4.69, 9.17) is 4.74 Å². The zero-order valence-electron chi connectivity index (χ0n) is 13.5. The molecule has 0 aromatic heterocycles. The van der Waals surface area contributed by atoms with E-state index in [-0.39, 0.29) is 30.3 Å². The van der Waals surface area contributed by atoms with E-state index in [0.717, 1.165) is 0 Å². The van der Waals surface area contributed by atoms with Gasteiger partial charge in [-0.25, -0.2) is 0 Å². The molecule has 4 nitrogen and oxygen atoms in total. The third-order valence-electron chi connectivity index (χ3n) is 4.55. The van der Waals surface area contributed by atoms with Crippen molar-refractivity contribution in [2.45, 2.75) is 32.4 Å². The maximum Gasteiger partial charge on any atom is 0.307 e. The fourth-order valence-corrected chi connectivity index (χ4v) is 3.28. The second-order valence-corrected chi connectivity index (χ2v) is 5.91. The number of esters is 1. The minimum absolute atomic E-state index is 0.0817. The first-order valence-corrected chi connectivity index (χ1v) is 8.03. The number of hydrogen-bond acceptors (Lipinski definition) is 4. The van der Waals surface area contributed by atoms with E-state index in [2.05, 4.69) is 36.1 Å². The summed E-state index contributed by atoms with van der Waals surface area (Å²) in [6, 6.07) is 14.2. The van der Waals surface area contributed by atoms with E-state index in [0.29, 0.717) is 13.2 Å². The highest BCUT2D eigenvalue weighted by Crippen LogP contribution is 2.33. The Labute approximate surface area is 136 Å². The Morgan fingerprint density at radius 1 is 1.26 bits per heavy atom. The van der Waals surface area contributed by atoms with Gasteiger partial charge in [0.1, 0.15) is 0 Å². The fraction of sp³-hybridized carbons (Fsp3) is 0.368. The van der Waals surface area contributed by atoms with Crippen LogP contribution in [0.2, 0.25) is 0 Å². The molecule has 0 radical (unpaired) electrons. The molecule has 120 valence electrons. The van der Waals surface area contributed by atoms with Crippen molar-refractivity contribution in [2.24, 2.45) is 0 Å². The summed E-state index contributed by atoms with van der Waals surface area (Å²) in [5.74, 6) is -0.189. The summed E-state index contributed by atoms with van der Waals surface area (Å²) >= 11 is 0. The maximum atomic E-state index is 11.9. The highest BCUT2D eigenvalue weighted by molar-refractivity contribution is 5.95. The minimum atomic E-state index is -0.358. The van der Waals surface area contributed by atoms with Crippen LogP contribution in [0.1, 0.15) is 31.9 Å². The predicted octanol–water partition coefficient (Wildman–Crippen LogP) is 3.11. The van der Waals surface area contributed by atoms with Gasteiger partial charge in [0.15, 0.2) is 5.78 Å². The molecule has 2 atom stereocenters. The van der Waals surface area contributed by atoms with E-state index in [9.17, 15) is 9.59 Å². The second-order valence-electron chi connectivity index (χ2n) is 5.91. The van der Waals surface area contributed by atoms with E-state index < -0.39 is 0 Å². The third kappa shape index (κ3) is 2.99. The van der Waals surface area contributed by atoms with Crippen LogP contribution in [0.25, 0.3) is 10.8 Å². The van der Waals surface area contributed by atoms with Gasteiger partial charge in [-0.1, -0.05) is 42.5 Å². The Kier molecular flexibility index (Phi) is 4.44. The normalized spacial score (nSPS) is 19.4. The van der Waals surface area contributed by atoms with Crippen molar-refractivity contribution in [3.05, 3.63) is 48.0 Å². The minimum Gasteiger partial charge on any atom is -0.466 e. The monoisotopic (exact) mass is 311 g/mol. The summed E-state index contributed by atoms with van der Waals surface area (Å²) in [6.07, 6.45) is 0.141. The van der Waals surface area contributed by atoms with Crippen LogP contribution in [-0.2, 0) is 14.3 Å². The number of benzene rings is 2. The van der Waals surface area contributed by atoms with Crippen LogP contribution in [0, 0.1) is 0 Å². The number of likely N-dealkylation sites (tertiary alicyclic amines) is 1. The summed E-state index contributed by atoms with van der Waals surface area (Å²) < 4.78 is 4.98. The highest BCUT2D eigenvalue weighted by Gasteiger charge is 2.42. The van der Waals surface area contributed by atoms with Crippen molar-refractivity contribution in [1.29, 1.82) is 0 Å². The van der Waals surface area contributed by atoms with Gasteiger partial charge in [0.2, 0.25) is 0 Å². The van der Waals surface area contributed by atoms with E-state index in [1.165, 1.54) is 16.3 Å². The Morgan fingerprint density at radius 3 is 2.74 bits per heavy atom. The summed E-state index contributed by atoms with van der Waals surface area (Å²) in [5.41, 5.74) is 1.18. The molecule has 0 spiro atoms. The molecule has 3 rings (SSSR count). The number of nitrogens with zero attached hydrogens (tertiary/aromatic N) is 1. The van der Waals surface area contributed by atoms with Crippen molar-refractivity contribution in [3.63, 3.8) is 0 Å². The lowest BCUT2D eigenvalue weighted by atomic mass is 9.91. The van der Waals surface area contributed by atoms with Crippen LogP contribution in [0.4, 0.5) is 0 Å². The number of ketones is 1. The van der Waals surface area contributed by atoms with Crippen LogP contribution in [0.5, 0.6) is 0 Å². The van der Waals surface area contributed by atoms with Crippen LogP contribution in [0.15, 0.2) is 42.5 Å². The molecule has 1 fully saturated rings. The van der Waals surface area contributed by atoms with E-state index >= 15 is 0 Å². The standard InChI is InChI=1S/C19H21NO3/c1-3-23-19(22)11-17-18(21)12-20(17)13(2)15-10-6-8-14-7-4-5-9-16(14)15/h4-10,13,17H,3,11-12H2,1-2H3/t13-,17?/m1/s1. The van der Waals surface area contributed by atoms with Crippen LogP contribution in [-0.4, -0.2) is 35.8 Å². The molecule has 0 amide bonds. The number of ether oxygens (including phenoxy) is 1. The van der Waals surface area contributed by atoms with Gasteiger partial charge in [0, 0.05) is 6.04 Å². The Hall–Kier alpha value is -2.20. The van der Waals surface area contributed by atoms with Crippen molar-refractivity contribution in [1.82, 2.24) is 4.90 Å². The third-order valence-corrected chi connectivity index (χ3v) is 4.55. The molecule has 0 bridgehead atoms. The molecule has 1 aliphatic heterocycles. The average Bonchev–Trinajstić information content (AvgIpc) is 2.57. The number of rotatable bonds is 5. The molecular formula is C19H21NO3. The largest absolute Gasteiger partial charge is 0.466 e. The van der Waals surface area contributed by atoms with Gasteiger partial charge < -0.3 is 4.74 Å². The summed E-state index contributed by atoms with van der Waals surface area (Å²) in [4.78, 5) is 25.7. The number of fused-ring (bicyclic) bond motifs is 1. The molecule has 0 aliphatic carbocycles. The summed E-state index contributed by atoms with van der Waals surface area (Å²) in [6.45, 7) is 4.61. The van der Waals surface area contributed by atoms with Crippen LogP contribution in [0.3, 0.4) is 0 Å². The quantitative estimate of drug-likeness (QED) is 0.796. The number of carbonyl (C=O) groups excluding carboxylic acids is 2. The zero-order valence-corrected chi connectivity index (χ0v) is 13.5. The molecule has 2 aromatic carbocycles. The molecule has 2 aromatic rings. The Morgan fingerprint density at radius 2 is 2.00 bits per heavy atom. The molecular weight excluding hydrogens is 290 g/mol. The molecule has 23 heavy (non-hydrogen) atoms. The molecule has 1 unspecified atom stereocenters. The maximum absolute atomic E-state index is 11.9. The first kappa shape index (κ1) is 15.7. The fourth-order valence-electron chi connectivity index (χ4n) is 3.28. The van der Waals surface area contributed by atoms with Gasteiger partial charge in [-0.3, -0.25) is 14.5 Å². The SMILES string of the molecule is CCOC(=O)CC1C(=O)CN1[C@H](C)c1cccc2ccccc12.